The molecule has 0 aromatic carbocycles. The Balaban J connectivity index is 2.15. The second-order valence-corrected chi connectivity index (χ2v) is 5.10. The monoisotopic (exact) mass is 230 g/mol. The molecule has 1 unspecified atom stereocenters. The van der Waals surface area contributed by atoms with Crippen LogP contribution in [0.3, 0.4) is 0 Å². The molecule has 2 atom stereocenters. The van der Waals surface area contributed by atoms with Crippen molar-refractivity contribution in [3.63, 3.8) is 0 Å². The summed E-state index contributed by atoms with van der Waals surface area (Å²) in [5.41, 5.74) is 0. The smallest absolute Gasteiger partial charge is 0.0791 e. The van der Waals surface area contributed by atoms with Gasteiger partial charge >= 0.3 is 0 Å². The van der Waals surface area contributed by atoms with Crippen molar-refractivity contribution in [1.82, 2.24) is 10.2 Å². The van der Waals surface area contributed by atoms with Gasteiger partial charge in [0.25, 0.3) is 0 Å². The lowest BCUT2D eigenvalue weighted by molar-refractivity contribution is 0.111. The number of rotatable bonds is 7. The van der Waals surface area contributed by atoms with Gasteiger partial charge in [0.1, 0.15) is 0 Å². The van der Waals surface area contributed by atoms with Crippen LogP contribution in [-0.4, -0.2) is 60.0 Å². The zero-order valence-corrected chi connectivity index (χ0v) is 10.5. The van der Waals surface area contributed by atoms with Crippen LogP contribution in [0.2, 0.25) is 0 Å². The predicted octanol–water partition coefficient (Wildman–Crippen LogP) is 0.0496. The van der Waals surface area contributed by atoms with Crippen molar-refractivity contribution in [2.45, 2.75) is 38.8 Å². The number of aliphatic hydroxyl groups is 2. The highest BCUT2D eigenvalue weighted by Gasteiger charge is 2.17. The second-order valence-electron chi connectivity index (χ2n) is 5.10. The number of hydrogen-bond acceptors (Lipinski definition) is 4. The molecule has 16 heavy (non-hydrogen) atoms. The number of aliphatic hydroxyl groups excluding tert-OH is 2. The van der Waals surface area contributed by atoms with E-state index in [1.165, 1.54) is 12.8 Å². The summed E-state index contributed by atoms with van der Waals surface area (Å²) in [6, 6.07) is 0.0910. The first-order chi connectivity index (χ1) is 7.63. The third-order valence-electron chi connectivity index (χ3n) is 3.28. The van der Waals surface area contributed by atoms with E-state index in [2.05, 4.69) is 24.1 Å². The summed E-state index contributed by atoms with van der Waals surface area (Å²) in [6.07, 6.45) is 2.18. The Morgan fingerprint density at radius 1 is 1.25 bits per heavy atom. The number of hydrogen-bond donors (Lipinski definition) is 3. The van der Waals surface area contributed by atoms with Crippen molar-refractivity contribution in [2.75, 3.05) is 32.8 Å². The van der Waals surface area contributed by atoms with E-state index >= 15 is 0 Å². The van der Waals surface area contributed by atoms with E-state index in [1.54, 1.807) is 0 Å². The molecule has 3 N–H and O–H groups in total. The summed E-state index contributed by atoms with van der Waals surface area (Å²) in [6.45, 7) is 7.83. The van der Waals surface area contributed by atoms with Crippen LogP contribution in [0.15, 0.2) is 0 Å². The maximum atomic E-state index is 9.85. The first-order valence-electron chi connectivity index (χ1n) is 6.38. The highest BCUT2D eigenvalue weighted by Crippen LogP contribution is 2.07. The van der Waals surface area contributed by atoms with Gasteiger partial charge in [0, 0.05) is 19.1 Å². The van der Waals surface area contributed by atoms with Gasteiger partial charge in [-0.1, -0.05) is 13.8 Å². The van der Waals surface area contributed by atoms with Crippen LogP contribution < -0.4 is 5.32 Å². The molecule has 4 heteroatoms. The first kappa shape index (κ1) is 13.9. The highest BCUT2D eigenvalue weighted by atomic mass is 16.3. The number of β-amino-alcohol motifs (C(OH)–C–C–N with tert-alkyl or cyclic N) is 1. The van der Waals surface area contributed by atoms with Crippen LogP contribution >= 0.6 is 0 Å². The van der Waals surface area contributed by atoms with Gasteiger partial charge in [-0.2, -0.15) is 0 Å². The first-order valence-corrected chi connectivity index (χ1v) is 6.38. The van der Waals surface area contributed by atoms with Gasteiger partial charge in [0.05, 0.1) is 12.7 Å². The van der Waals surface area contributed by atoms with E-state index < -0.39 is 0 Å². The van der Waals surface area contributed by atoms with E-state index in [9.17, 15) is 5.11 Å². The normalized spacial score (nSPS) is 21.6. The third kappa shape index (κ3) is 4.78. The molecule has 0 bridgehead atoms. The molecule has 0 aromatic rings. The molecule has 0 spiro atoms. The fourth-order valence-corrected chi connectivity index (χ4v) is 2.13. The Labute approximate surface area is 98.6 Å². The van der Waals surface area contributed by atoms with Gasteiger partial charge < -0.3 is 20.4 Å². The maximum absolute atomic E-state index is 9.85. The van der Waals surface area contributed by atoms with Gasteiger partial charge in [-0.05, 0) is 31.8 Å². The molecule has 1 aliphatic heterocycles. The molecule has 0 saturated carbocycles. The minimum atomic E-state index is -0.328. The Kier molecular flexibility index (Phi) is 6.28. The van der Waals surface area contributed by atoms with Gasteiger partial charge in [0.2, 0.25) is 0 Å². The zero-order chi connectivity index (χ0) is 12.0. The summed E-state index contributed by atoms with van der Waals surface area (Å²) >= 11 is 0. The molecule has 1 aliphatic rings. The van der Waals surface area contributed by atoms with Crippen molar-refractivity contribution >= 4 is 0 Å². The average Bonchev–Trinajstić information content (AvgIpc) is 2.70. The topological polar surface area (TPSA) is 55.7 Å². The second kappa shape index (κ2) is 7.22. The lowest BCUT2D eigenvalue weighted by Crippen LogP contribution is -2.44. The van der Waals surface area contributed by atoms with Gasteiger partial charge in [-0.15, -0.1) is 0 Å². The predicted molar refractivity (Wildman–Crippen MR) is 65.4 cm³/mol. The Bertz CT molecular complexity index is 182. The summed E-state index contributed by atoms with van der Waals surface area (Å²) in [5, 5.41) is 22.2. The molecule has 4 nitrogen and oxygen atoms in total. The number of likely N-dealkylation sites (tertiary alicyclic amines) is 1. The van der Waals surface area contributed by atoms with Crippen LogP contribution in [0.25, 0.3) is 0 Å². The number of nitrogens with zero attached hydrogens (tertiary/aromatic N) is 1. The zero-order valence-electron chi connectivity index (χ0n) is 10.5. The van der Waals surface area contributed by atoms with Crippen molar-refractivity contribution < 1.29 is 10.2 Å². The van der Waals surface area contributed by atoms with Gasteiger partial charge in [0.15, 0.2) is 0 Å². The quantitative estimate of drug-likeness (QED) is 0.578. The molecule has 1 saturated heterocycles. The molecule has 1 rings (SSSR count). The van der Waals surface area contributed by atoms with E-state index in [-0.39, 0.29) is 18.8 Å². The van der Waals surface area contributed by atoms with E-state index in [0.29, 0.717) is 12.5 Å². The van der Waals surface area contributed by atoms with Crippen LogP contribution in [0.5, 0.6) is 0 Å². The molecule has 0 aliphatic carbocycles. The fourth-order valence-electron chi connectivity index (χ4n) is 2.13. The average molecular weight is 230 g/mol. The SMILES string of the molecule is CC(C)[C@@H](CO)NCC(O)CN1CCCC1. The van der Waals surface area contributed by atoms with E-state index in [4.69, 9.17) is 5.11 Å². The maximum Gasteiger partial charge on any atom is 0.0791 e. The van der Waals surface area contributed by atoms with Crippen LogP contribution in [0, 0.1) is 5.92 Å². The third-order valence-corrected chi connectivity index (χ3v) is 3.28. The van der Waals surface area contributed by atoms with Crippen molar-refractivity contribution in [3.8, 4) is 0 Å². The minimum Gasteiger partial charge on any atom is -0.395 e. The minimum absolute atomic E-state index is 0.0910. The van der Waals surface area contributed by atoms with Crippen LogP contribution in [-0.2, 0) is 0 Å². The largest absolute Gasteiger partial charge is 0.395 e. The molecule has 0 radical (unpaired) electrons. The Morgan fingerprint density at radius 2 is 1.88 bits per heavy atom. The van der Waals surface area contributed by atoms with Crippen molar-refractivity contribution in [3.05, 3.63) is 0 Å². The molecular formula is C12H26N2O2. The lowest BCUT2D eigenvalue weighted by atomic mass is 10.1. The molecule has 1 heterocycles. The van der Waals surface area contributed by atoms with E-state index in [0.717, 1.165) is 19.6 Å². The Hall–Kier alpha value is -0.160. The van der Waals surface area contributed by atoms with Crippen LogP contribution in [0.1, 0.15) is 26.7 Å². The van der Waals surface area contributed by atoms with Crippen LogP contribution in [0.4, 0.5) is 0 Å². The highest BCUT2D eigenvalue weighted by molar-refractivity contribution is 4.75. The summed E-state index contributed by atoms with van der Waals surface area (Å²) in [4.78, 5) is 2.30. The van der Waals surface area contributed by atoms with E-state index in [1.807, 2.05) is 0 Å². The standard InChI is InChI=1S/C12H26N2O2/c1-10(2)12(9-15)13-7-11(16)8-14-5-3-4-6-14/h10-13,15-16H,3-9H2,1-2H3/t11?,12-/m1/s1. The lowest BCUT2D eigenvalue weighted by Gasteiger charge is -2.24. The molecule has 0 aromatic heterocycles. The Morgan fingerprint density at radius 3 is 2.38 bits per heavy atom. The van der Waals surface area contributed by atoms with Crippen molar-refractivity contribution in [2.24, 2.45) is 5.92 Å². The van der Waals surface area contributed by atoms with Gasteiger partial charge in [-0.3, -0.25) is 0 Å². The van der Waals surface area contributed by atoms with Crippen molar-refractivity contribution in [1.29, 1.82) is 0 Å². The number of nitrogens with one attached hydrogen (secondary N) is 1. The summed E-state index contributed by atoms with van der Waals surface area (Å²) in [7, 11) is 0. The summed E-state index contributed by atoms with van der Waals surface area (Å²) < 4.78 is 0. The molecule has 0 amide bonds. The molecular weight excluding hydrogens is 204 g/mol. The molecule has 1 fully saturated rings. The summed E-state index contributed by atoms with van der Waals surface area (Å²) in [5.74, 6) is 0.393. The fraction of sp³-hybridized carbons (Fsp3) is 1.00. The molecule has 96 valence electrons. The van der Waals surface area contributed by atoms with Gasteiger partial charge in [-0.25, -0.2) is 0 Å².